The number of carbonyl (C=O) groups excluding carboxylic acids is 4. The van der Waals surface area contributed by atoms with Gasteiger partial charge in [0.15, 0.2) is 12.4 Å². The molecular weight excluding hydrogens is 408 g/mol. The zero-order valence-electron chi connectivity index (χ0n) is 20.0. The van der Waals surface area contributed by atoms with Gasteiger partial charge >= 0.3 is 5.97 Å². The maximum absolute atomic E-state index is 13.6. The van der Waals surface area contributed by atoms with Crippen molar-refractivity contribution < 1.29 is 29.0 Å². The number of fused-ring (bicyclic) bond motifs is 5. The highest BCUT2D eigenvalue weighted by Crippen LogP contribution is 2.67. The van der Waals surface area contributed by atoms with Gasteiger partial charge in [0.1, 0.15) is 11.4 Å². The van der Waals surface area contributed by atoms with Gasteiger partial charge in [-0.2, -0.15) is 0 Å². The number of ketones is 3. The van der Waals surface area contributed by atoms with E-state index in [1.807, 2.05) is 20.8 Å². The lowest BCUT2D eigenvalue weighted by Gasteiger charge is -2.58. The number of hydrogen-bond acceptors (Lipinski definition) is 6. The van der Waals surface area contributed by atoms with Crippen molar-refractivity contribution in [3.8, 4) is 0 Å². The van der Waals surface area contributed by atoms with E-state index in [0.29, 0.717) is 25.7 Å². The van der Waals surface area contributed by atoms with Crippen molar-refractivity contribution in [1.82, 2.24) is 0 Å². The van der Waals surface area contributed by atoms with E-state index in [-0.39, 0.29) is 42.2 Å². The fraction of sp³-hybridized carbons (Fsp3) is 0.692. The Morgan fingerprint density at radius 1 is 1.22 bits per heavy atom. The zero-order chi connectivity index (χ0) is 24.1. The molecule has 6 nitrogen and oxygen atoms in total. The quantitative estimate of drug-likeness (QED) is 0.666. The van der Waals surface area contributed by atoms with Crippen LogP contribution in [-0.4, -0.2) is 40.6 Å². The van der Waals surface area contributed by atoms with Crippen LogP contribution < -0.4 is 0 Å². The summed E-state index contributed by atoms with van der Waals surface area (Å²) in [4.78, 5) is 49.6. The summed E-state index contributed by atoms with van der Waals surface area (Å²) >= 11 is 0. The maximum Gasteiger partial charge on any atom is 0.303 e. The Hall–Kier alpha value is -2.08. The molecule has 0 saturated heterocycles. The van der Waals surface area contributed by atoms with Crippen molar-refractivity contribution in [3.63, 3.8) is 0 Å². The van der Waals surface area contributed by atoms with Crippen molar-refractivity contribution in [1.29, 1.82) is 0 Å². The molecule has 3 fully saturated rings. The first kappa shape index (κ1) is 24.6. The topological polar surface area (TPSA) is 97.7 Å². The minimum Gasteiger partial charge on any atom is -0.458 e. The van der Waals surface area contributed by atoms with Crippen LogP contribution in [-0.2, 0) is 23.9 Å². The molecule has 0 spiro atoms. The summed E-state index contributed by atoms with van der Waals surface area (Å²) in [5, 5.41) is 11.5. The predicted molar refractivity (Wildman–Crippen MR) is 120 cm³/mol. The SMILES string of the molecule is C=C1CC2C(C(=O)CC3(C)C2CCC3(O)C(=O)COC(C)=O)C2(C)CCC(=O)C=C12.CC. The maximum atomic E-state index is 13.6. The highest BCUT2D eigenvalue weighted by atomic mass is 16.5. The molecule has 176 valence electrons. The number of aliphatic hydroxyl groups is 1. The van der Waals surface area contributed by atoms with Crippen molar-refractivity contribution in [3.05, 3.63) is 23.8 Å². The highest BCUT2D eigenvalue weighted by molar-refractivity contribution is 5.95. The average molecular weight is 445 g/mol. The van der Waals surface area contributed by atoms with Gasteiger partial charge in [0.05, 0.1) is 0 Å². The van der Waals surface area contributed by atoms with Gasteiger partial charge in [-0.15, -0.1) is 0 Å². The second-order valence-electron chi connectivity index (χ2n) is 10.2. The van der Waals surface area contributed by atoms with E-state index >= 15 is 0 Å². The van der Waals surface area contributed by atoms with Gasteiger partial charge in [-0.05, 0) is 49.2 Å². The number of Topliss-reactive ketones (excluding diaryl/α,β-unsaturated/α-hetero) is 2. The van der Waals surface area contributed by atoms with Crippen LogP contribution in [0.5, 0.6) is 0 Å². The van der Waals surface area contributed by atoms with Gasteiger partial charge < -0.3 is 9.84 Å². The fourth-order valence-electron chi connectivity index (χ4n) is 7.15. The molecule has 4 rings (SSSR count). The number of carbonyl (C=O) groups is 4. The van der Waals surface area contributed by atoms with Crippen LogP contribution in [0.1, 0.15) is 73.1 Å². The number of esters is 1. The smallest absolute Gasteiger partial charge is 0.303 e. The Balaban J connectivity index is 0.00000141. The molecule has 4 aliphatic carbocycles. The van der Waals surface area contributed by atoms with Crippen molar-refractivity contribution in [2.24, 2.45) is 28.6 Å². The Kier molecular flexibility index (Phi) is 6.42. The van der Waals surface area contributed by atoms with Gasteiger partial charge in [-0.3, -0.25) is 19.2 Å². The fourth-order valence-corrected chi connectivity index (χ4v) is 7.15. The number of rotatable bonds is 3. The molecule has 1 N–H and O–H groups in total. The first-order valence-corrected chi connectivity index (χ1v) is 11.8. The van der Waals surface area contributed by atoms with E-state index in [4.69, 9.17) is 4.74 Å². The van der Waals surface area contributed by atoms with Crippen molar-refractivity contribution in [2.45, 2.75) is 78.7 Å². The summed E-state index contributed by atoms with van der Waals surface area (Å²) in [7, 11) is 0. The monoisotopic (exact) mass is 444 g/mol. The summed E-state index contributed by atoms with van der Waals surface area (Å²) in [6, 6.07) is 0. The largest absolute Gasteiger partial charge is 0.458 e. The third-order valence-corrected chi connectivity index (χ3v) is 8.64. The summed E-state index contributed by atoms with van der Waals surface area (Å²) in [6.45, 7) is 12.9. The molecular formula is C26H36O6. The second-order valence-corrected chi connectivity index (χ2v) is 10.2. The third kappa shape index (κ3) is 3.42. The molecule has 32 heavy (non-hydrogen) atoms. The van der Waals surface area contributed by atoms with E-state index in [0.717, 1.165) is 11.1 Å². The van der Waals surface area contributed by atoms with E-state index in [2.05, 4.69) is 13.5 Å². The lowest BCUT2D eigenvalue weighted by molar-refractivity contribution is -0.172. The van der Waals surface area contributed by atoms with Crippen LogP contribution in [0.15, 0.2) is 23.8 Å². The third-order valence-electron chi connectivity index (χ3n) is 8.64. The van der Waals surface area contributed by atoms with Crippen molar-refractivity contribution >= 4 is 23.3 Å². The summed E-state index contributed by atoms with van der Waals surface area (Å²) in [6.07, 6.45) is 4.34. The second kappa shape index (κ2) is 8.36. The number of hydrogen-bond donors (Lipinski definition) is 1. The van der Waals surface area contributed by atoms with Crippen LogP contribution in [0.25, 0.3) is 0 Å². The highest BCUT2D eigenvalue weighted by Gasteiger charge is 2.68. The normalized spacial score (nSPS) is 40.2. The first-order valence-electron chi connectivity index (χ1n) is 11.8. The number of allylic oxidation sites excluding steroid dienone is 2. The van der Waals surface area contributed by atoms with Gasteiger partial charge in [0, 0.05) is 36.5 Å². The Morgan fingerprint density at radius 3 is 2.50 bits per heavy atom. The van der Waals surface area contributed by atoms with E-state index < -0.39 is 34.8 Å². The molecule has 0 radical (unpaired) electrons. The van der Waals surface area contributed by atoms with E-state index in [9.17, 15) is 24.3 Å². The van der Waals surface area contributed by atoms with Gasteiger partial charge in [-0.1, -0.05) is 39.8 Å². The molecule has 0 aromatic heterocycles. The Bertz CT molecular complexity index is 900. The molecule has 6 unspecified atom stereocenters. The molecule has 0 aromatic carbocycles. The summed E-state index contributed by atoms with van der Waals surface area (Å²) < 4.78 is 4.87. The zero-order valence-corrected chi connectivity index (χ0v) is 20.0. The molecule has 3 saturated carbocycles. The Morgan fingerprint density at radius 2 is 1.88 bits per heavy atom. The first-order chi connectivity index (χ1) is 14.9. The van der Waals surface area contributed by atoms with Crippen LogP contribution in [0.4, 0.5) is 0 Å². The average Bonchev–Trinajstić information content (AvgIpc) is 3.00. The molecule has 6 heteroatoms. The lowest BCUT2D eigenvalue weighted by Crippen LogP contribution is -2.61. The van der Waals surface area contributed by atoms with Crippen LogP contribution in [0.2, 0.25) is 0 Å². The van der Waals surface area contributed by atoms with Crippen LogP contribution in [0.3, 0.4) is 0 Å². The molecule has 0 bridgehead atoms. The predicted octanol–water partition coefficient (Wildman–Crippen LogP) is 3.75. The van der Waals surface area contributed by atoms with Crippen LogP contribution >= 0.6 is 0 Å². The molecule has 0 aromatic rings. The molecule has 6 atom stereocenters. The van der Waals surface area contributed by atoms with Gasteiger partial charge in [0.2, 0.25) is 5.78 Å². The molecule has 0 amide bonds. The standard InChI is InChI=1S/C24H30O6.C2H6/c1-13-9-16-17-6-8-24(29,20(28)12-30-14(2)25)23(17,4)11-19(27)21(16)22(3)7-5-15(26)10-18(13)22;1-2/h10,16-17,21,29H,1,5-9,11-12H2,2-4H3;1-2H3. The minimum absolute atomic E-state index is 0.0146. The minimum atomic E-state index is -1.69. The van der Waals surface area contributed by atoms with Crippen LogP contribution in [0, 0.1) is 28.6 Å². The Labute approximate surface area is 190 Å². The van der Waals surface area contributed by atoms with E-state index in [1.54, 1.807) is 6.08 Å². The van der Waals surface area contributed by atoms with Crippen molar-refractivity contribution in [2.75, 3.05) is 6.61 Å². The van der Waals surface area contributed by atoms with Gasteiger partial charge in [0.25, 0.3) is 0 Å². The van der Waals surface area contributed by atoms with E-state index in [1.165, 1.54) is 6.92 Å². The van der Waals surface area contributed by atoms with Gasteiger partial charge in [-0.25, -0.2) is 0 Å². The molecule has 0 heterocycles. The molecule has 4 aliphatic rings. The summed E-state index contributed by atoms with van der Waals surface area (Å²) in [5.41, 5.74) is -1.20. The molecule has 0 aliphatic heterocycles. The number of ether oxygens (including phenoxy) is 1. The lowest BCUT2D eigenvalue weighted by atomic mass is 9.45. The summed E-state index contributed by atoms with van der Waals surface area (Å²) in [5.74, 6) is -1.23.